The van der Waals surface area contributed by atoms with Gasteiger partial charge in [-0.3, -0.25) is 9.88 Å². The molecule has 0 radical (unpaired) electrons. The summed E-state index contributed by atoms with van der Waals surface area (Å²) >= 11 is 0. The smallest absolute Gasteiger partial charge is 0.217 e. The van der Waals surface area contributed by atoms with Crippen LogP contribution in [0.5, 0.6) is 0 Å². The van der Waals surface area contributed by atoms with Crippen LogP contribution in [0.3, 0.4) is 0 Å². The SMILES string of the molecule is Cc1cccc(CN2CC[C@H]3[C@H]2CCN3S(=O)(=O)C2CC2)n1. The lowest BCUT2D eigenvalue weighted by Gasteiger charge is -2.25. The first-order valence-corrected chi connectivity index (χ1v) is 9.73. The Hall–Kier alpha value is -0.980. The van der Waals surface area contributed by atoms with Crippen molar-refractivity contribution in [2.24, 2.45) is 0 Å². The number of aryl methyl sites for hydroxylation is 1. The zero-order valence-corrected chi connectivity index (χ0v) is 13.8. The van der Waals surface area contributed by atoms with Crippen LogP contribution in [0.1, 0.15) is 37.1 Å². The van der Waals surface area contributed by atoms with Gasteiger partial charge in [-0.25, -0.2) is 8.42 Å². The first-order chi connectivity index (χ1) is 10.6. The molecule has 6 heteroatoms. The van der Waals surface area contributed by atoms with E-state index < -0.39 is 10.0 Å². The summed E-state index contributed by atoms with van der Waals surface area (Å²) in [7, 11) is -3.03. The molecule has 0 amide bonds. The molecule has 120 valence electrons. The highest BCUT2D eigenvalue weighted by Gasteiger charge is 2.50. The van der Waals surface area contributed by atoms with Crippen molar-refractivity contribution in [2.45, 2.75) is 56.5 Å². The second kappa shape index (κ2) is 5.28. The molecule has 3 heterocycles. The third-order valence-corrected chi connectivity index (χ3v) is 7.64. The maximum atomic E-state index is 12.5. The molecular weight excluding hydrogens is 298 g/mol. The molecule has 0 unspecified atom stereocenters. The Bertz CT molecular complexity index is 672. The van der Waals surface area contributed by atoms with Crippen molar-refractivity contribution >= 4 is 10.0 Å². The molecular formula is C16H23N3O2S. The van der Waals surface area contributed by atoms with E-state index in [2.05, 4.69) is 16.0 Å². The number of pyridine rings is 1. The average molecular weight is 321 g/mol. The molecule has 22 heavy (non-hydrogen) atoms. The van der Waals surface area contributed by atoms with Gasteiger partial charge in [0.25, 0.3) is 0 Å². The van der Waals surface area contributed by atoms with Gasteiger partial charge in [-0.2, -0.15) is 4.31 Å². The Morgan fingerprint density at radius 3 is 2.64 bits per heavy atom. The van der Waals surface area contributed by atoms with Crippen molar-refractivity contribution in [3.05, 3.63) is 29.6 Å². The molecule has 0 spiro atoms. The summed E-state index contributed by atoms with van der Waals surface area (Å²) in [4.78, 5) is 7.01. The summed E-state index contributed by atoms with van der Waals surface area (Å²) in [6.45, 7) is 4.52. The third-order valence-electron chi connectivity index (χ3n) is 5.22. The number of sulfonamides is 1. The van der Waals surface area contributed by atoms with Gasteiger partial charge < -0.3 is 0 Å². The van der Waals surface area contributed by atoms with E-state index >= 15 is 0 Å². The normalized spacial score (nSPS) is 29.9. The third kappa shape index (κ3) is 2.47. The Morgan fingerprint density at radius 1 is 1.14 bits per heavy atom. The fraction of sp³-hybridized carbons (Fsp3) is 0.688. The molecule has 1 aromatic heterocycles. The summed E-state index contributed by atoms with van der Waals surface area (Å²) < 4.78 is 26.9. The number of hydrogen-bond donors (Lipinski definition) is 0. The fourth-order valence-electron chi connectivity index (χ4n) is 4.00. The number of hydrogen-bond acceptors (Lipinski definition) is 4. The molecule has 1 aromatic rings. The molecule has 0 N–H and O–H groups in total. The molecule has 2 atom stereocenters. The number of fused-ring (bicyclic) bond motifs is 1. The lowest BCUT2D eigenvalue weighted by Crippen LogP contribution is -2.41. The minimum atomic E-state index is -3.03. The van der Waals surface area contributed by atoms with Gasteiger partial charge in [-0.1, -0.05) is 6.07 Å². The van der Waals surface area contributed by atoms with Crippen molar-refractivity contribution in [1.29, 1.82) is 0 Å². The Morgan fingerprint density at radius 2 is 1.91 bits per heavy atom. The molecule has 0 aromatic carbocycles. The van der Waals surface area contributed by atoms with Crippen LogP contribution in [0, 0.1) is 6.92 Å². The highest BCUT2D eigenvalue weighted by molar-refractivity contribution is 7.90. The zero-order valence-electron chi connectivity index (χ0n) is 13.0. The van der Waals surface area contributed by atoms with Crippen LogP contribution < -0.4 is 0 Å². The summed E-state index contributed by atoms with van der Waals surface area (Å²) in [6.07, 6.45) is 3.63. The zero-order chi connectivity index (χ0) is 15.3. The lowest BCUT2D eigenvalue weighted by atomic mass is 10.1. The highest BCUT2D eigenvalue weighted by Crippen LogP contribution is 2.39. The van der Waals surface area contributed by atoms with E-state index in [9.17, 15) is 8.42 Å². The van der Waals surface area contributed by atoms with Gasteiger partial charge in [0.1, 0.15) is 0 Å². The van der Waals surface area contributed by atoms with Crippen molar-refractivity contribution in [3.8, 4) is 0 Å². The maximum Gasteiger partial charge on any atom is 0.217 e. The van der Waals surface area contributed by atoms with Gasteiger partial charge >= 0.3 is 0 Å². The van der Waals surface area contributed by atoms with Crippen LogP contribution in [-0.4, -0.2) is 53.0 Å². The van der Waals surface area contributed by atoms with E-state index in [-0.39, 0.29) is 11.3 Å². The van der Waals surface area contributed by atoms with E-state index in [4.69, 9.17) is 0 Å². The first kappa shape index (κ1) is 14.6. The summed E-state index contributed by atoms with van der Waals surface area (Å²) in [6, 6.07) is 6.68. The Kier molecular flexibility index (Phi) is 3.51. The highest BCUT2D eigenvalue weighted by atomic mass is 32.2. The summed E-state index contributed by atoms with van der Waals surface area (Å²) in [5.41, 5.74) is 2.13. The summed E-state index contributed by atoms with van der Waals surface area (Å²) in [5.74, 6) is 0. The van der Waals surface area contributed by atoms with Crippen molar-refractivity contribution in [3.63, 3.8) is 0 Å². The molecule has 5 nitrogen and oxygen atoms in total. The molecule has 3 aliphatic rings. The number of aromatic nitrogens is 1. The van der Waals surface area contributed by atoms with Crippen LogP contribution in [0.15, 0.2) is 18.2 Å². The maximum absolute atomic E-state index is 12.5. The molecule has 1 saturated carbocycles. The number of nitrogens with zero attached hydrogens (tertiary/aromatic N) is 3. The minimum absolute atomic E-state index is 0.0845. The quantitative estimate of drug-likeness (QED) is 0.844. The molecule has 2 aliphatic heterocycles. The van der Waals surface area contributed by atoms with Gasteiger partial charge in [-0.15, -0.1) is 0 Å². The lowest BCUT2D eigenvalue weighted by molar-refractivity contribution is 0.237. The predicted octanol–water partition coefficient (Wildman–Crippen LogP) is 1.53. The molecule has 1 aliphatic carbocycles. The minimum Gasteiger partial charge on any atom is -0.293 e. The van der Waals surface area contributed by atoms with Gasteiger partial charge in [0, 0.05) is 37.4 Å². The monoisotopic (exact) mass is 321 g/mol. The number of likely N-dealkylation sites (tertiary alicyclic amines) is 1. The average Bonchev–Trinajstić information content (AvgIpc) is 3.14. The van der Waals surface area contributed by atoms with Gasteiger partial charge in [0.15, 0.2) is 0 Å². The van der Waals surface area contributed by atoms with Gasteiger partial charge in [-0.05, 0) is 44.7 Å². The largest absolute Gasteiger partial charge is 0.293 e. The van der Waals surface area contributed by atoms with E-state index in [0.717, 1.165) is 50.2 Å². The Balaban J connectivity index is 1.48. The van der Waals surface area contributed by atoms with Crippen LogP contribution in [0.4, 0.5) is 0 Å². The molecule has 2 saturated heterocycles. The van der Waals surface area contributed by atoms with Crippen molar-refractivity contribution < 1.29 is 8.42 Å². The van der Waals surface area contributed by atoms with E-state index in [1.165, 1.54) is 0 Å². The van der Waals surface area contributed by atoms with E-state index in [0.29, 0.717) is 12.6 Å². The van der Waals surface area contributed by atoms with Crippen molar-refractivity contribution in [1.82, 2.24) is 14.2 Å². The van der Waals surface area contributed by atoms with E-state index in [1.54, 1.807) is 0 Å². The van der Waals surface area contributed by atoms with Crippen LogP contribution in [-0.2, 0) is 16.6 Å². The van der Waals surface area contributed by atoms with Crippen LogP contribution in [0.2, 0.25) is 0 Å². The number of rotatable bonds is 4. The van der Waals surface area contributed by atoms with Crippen LogP contribution >= 0.6 is 0 Å². The van der Waals surface area contributed by atoms with Gasteiger partial charge in [0.2, 0.25) is 10.0 Å². The van der Waals surface area contributed by atoms with Gasteiger partial charge in [0.05, 0.1) is 10.9 Å². The standard InChI is InChI=1S/C16H23N3O2S/c1-12-3-2-4-13(17-12)11-18-9-7-16-15(18)8-10-19(16)22(20,21)14-5-6-14/h2-4,14-16H,5-11H2,1H3/t15-,16+/m1/s1. The summed E-state index contributed by atoms with van der Waals surface area (Å²) in [5, 5.41) is -0.0845. The Labute approximate surface area is 132 Å². The van der Waals surface area contributed by atoms with Crippen molar-refractivity contribution in [2.75, 3.05) is 13.1 Å². The van der Waals surface area contributed by atoms with Crippen LogP contribution in [0.25, 0.3) is 0 Å². The second-order valence-electron chi connectivity index (χ2n) is 6.81. The topological polar surface area (TPSA) is 53.5 Å². The first-order valence-electron chi connectivity index (χ1n) is 8.23. The molecule has 3 fully saturated rings. The van der Waals surface area contributed by atoms with E-state index in [1.807, 2.05) is 23.4 Å². The molecule has 4 rings (SSSR count). The predicted molar refractivity (Wildman–Crippen MR) is 84.8 cm³/mol. The second-order valence-corrected chi connectivity index (χ2v) is 8.97. The molecule has 0 bridgehead atoms. The fourth-order valence-corrected chi connectivity index (χ4v) is 6.10.